The highest BCUT2D eigenvalue weighted by Gasteiger charge is 2.18. The van der Waals surface area contributed by atoms with Crippen molar-refractivity contribution in [3.63, 3.8) is 0 Å². The van der Waals surface area contributed by atoms with Crippen molar-refractivity contribution in [1.82, 2.24) is 15.3 Å². The molecule has 23 heavy (non-hydrogen) atoms. The number of hydrogen-bond donors (Lipinski definition) is 2. The first-order valence-electron chi connectivity index (χ1n) is 7.56. The number of aromatic nitrogens is 2. The van der Waals surface area contributed by atoms with Crippen LogP contribution in [0.1, 0.15) is 46.8 Å². The number of hydrogen-bond acceptors (Lipinski definition) is 4. The molecule has 3 rings (SSSR count). The molecule has 1 atom stereocenters. The van der Waals surface area contributed by atoms with E-state index >= 15 is 0 Å². The van der Waals surface area contributed by atoms with E-state index in [0.29, 0.717) is 17.9 Å². The standard InChI is InChI=1S/C17H18N4O2/c1-10(19-17(23)15-7-8-18-11(2)20-15)12-3-5-14-13(9-12)4-6-16(22)21-14/h3,5,7-10H,4,6H2,1-2H3,(H,19,23)(H,21,22)/t10-/m1/s1. The first-order chi connectivity index (χ1) is 11.0. The molecule has 118 valence electrons. The molecule has 0 saturated carbocycles. The fraction of sp³-hybridized carbons (Fsp3) is 0.294. The summed E-state index contributed by atoms with van der Waals surface area (Å²) in [5, 5.41) is 5.79. The van der Waals surface area contributed by atoms with E-state index in [1.165, 1.54) is 0 Å². The maximum atomic E-state index is 12.3. The second-order valence-corrected chi connectivity index (χ2v) is 5.65. The Kier molecular flexibility index (Phi) is 4.06. The smallest absolute Gasteiger partial charge is 0.270 e. The fourth-order valence-electron chi connectivity index (χ4n) is 2.61. The summed E-state index contributed by atoms with van der Waals surface area (Å²) in [4.78, 5) is 31.8. The highest BCUT2D eigenvalue weighted by atomic mass is 16.2. The number of nitrogens with one attached hydrogen (secondary N) is 2. The van der Waals surface area contributed by atoms with E-state index in [-0.39, 0.29) is 17.9 Å². The maximum absolute atomic E-state index is 12.3. The van der Waals surface area contributed by atoms with Crippen LogP contribution in [0.3, 0.4) is 0 Å². The number of carbonyl (C=O) groups is 2. The van der Waals surface area contributed by atoms with Crippen LogP contribution in [-0.2, 0) is 11.2 Å². The molecule has 2 amide bonds. The lowest BCUT2D eigenvalue weighted by Crippen LogP contribution is -2.28. The Labute approximate surface area is 134 Å². The zero-order chi connectivity index (χ0) is 16.4. The van der Waals surface area contributed by atoms with Crippen molar-refractivity contribution in [3.8, 4) is 0 Å². The lowest BCUT2D eigenvalue weighted by molar-refractivity contribution is -0.116. The van der Waals surface area contributed by atoms with E-state index in [2.05, 4.69) is 20.6 Å². The van der Waals surface area contributed by atoms with E-state index in [1.54, 1.807) is 19.2 Å². The van der Waals surface area contributed by atoms with Gasteiger partial charge in [0.2, 0.25) is 5.91 Å². The van der Waals surface area contributed by atoms with E-state index in [1.807, 2.05) is 25.1 Å². The lowest BCUT2D eigenvalue weighted by Gasteiger charge is -2.20. The highest BCUT2D eigenvalue weighted by Crippen LogP contribution is 2.26. The van der Waals surface area contributed by atoms with E-state index < -0.39 is 0 Å². The minimum atomic E-state index is -0.228. The van der Waals surface area contributed by atoms with E-state index in [4.69, 9.17) is 0 Å². The van der Waals surface area contributed by atoms with Gasteiger partial charge in [-0.3, -0.25) is 9.59 Å². The molecule has 0 fully saturated rings. The van der Waals surface area contributed by atoms with E-state index in [9.17, 15) is 9.59 Å². The number of amides is 2. The molecule has 0 spiro atoms. The molecule has 1 aromatic carbocycles. The molecule has 6 heteroatoms. The minimum Gasteiger partial charge on any atom is -0.344 e. The summed E-state index contributed by atoms with van der Waals surface area (Å²) in [7, 11) is 0. The van der Waals surface area contributed by atoms with Crippen LogP contribution >= 0.6 is 0 Å². The molecule has 6 nitrogen and oxygen atoms in total. The Bertz CT molecular complexity index is 773. The average molecular weight is 310 g/mol. The van der Waals surface area contributed by atoms with Crippen LogP contribution in [0.5, 0.6) is 0 Å². The third kappa shape index (κ3) is 3.36. The molecule has 2 aromatic rings. The number of aryl methyl sites for hydroxylation is 2. The molecule has 0 aliphatic carbocycles. The van der Waals surface area contributed by atoms with Gasteiger partial charge in [-0.05, 0) is 43.5 Å². The van der Waals surface area contributed by atoms with Gasteiger partial charge in [-0.25, -0.2) is 9.97 Å². The zero-order valence-corrected chi connectivity index (χ0v) is 13.1. The number of benzene rings is 1. The second kappa shape index (κ2) is 6.16. The first-order valence-corrected chi connectivity index (χ1v) is 7.56. The van der Waals surface area contributed by atoms with Gasteiger partial charge in [0.05, 0.1) is 6.04 Å². The third-order valence-electron chi connectivity index (χ3n) is 3.88. The molecule has 0 bridgehead atoms. The van der Waals surface area contributed by atoms with E-state index in [0.717, 1.165) is 23.2 Å². The van der Waals surface area contributed by atoms with Gasteiger partial charge >= 0.3 is 0 Å². The van der Waals surface area contributed by atoms with Crippen LogP contribution in [-0.4, -0.2) is 21.8 Å². The summed E-state index contributed by atoms with van der Waals surface area (Å²) in [6.45, 7) is 3.67. The van der Waals surface area contributed by atoms with Crippen molar-refractivity contribution in [1.29, 1.82) is 0 Å². The van der Waals surface area contributed by atoms with Gasteiger partial charge in [0, 0.05) is 18.3 Å². The molecular weight excluding hydrogens is 292 g/mol. The van der Waals surface area contributed by atoms with Crippen molar-refractivity contribution < 1.29 is 9.59 Å². The predicted molar refractivity (Wildman–Crippen MR) is 86.0 cm³/mol. The lowest BCUT2D eigenvalue weighted by atomic mass is 9.98. The summed E-state index contributed by atoms with van der Waals surface area (Å²) in [6, 6.07) is 7.28. The summed E-state index contributed by atoms with van der Waals surface area (Å²) in [5.41, 5.74) is 3.31. The van der Waals surface area contributed by atoms with Gasteiger partial charge < -0.3 is 10.6 Å². The fourth-order valence-corrected chi connectivity index (χ4v) is 2.61. The molecule has 2 heterocycles. The number of carbonyl (C=O) groups excluding carboxylic acids is 2. The summed E-state index contributed by atoms with van der Waals surface area (Å²) in [6.07, 6.45) is 2.79. The molecule has 1 aliphatic heterocycles. The van der Waals surface area contributed by atoms with Crippen LogP contribution in [0.2, 0.25) is 0 Å². The monoisotopic (exact) mass is 310 g/mol. The number of rotatable bonds is 3. The summed E-state index contributed by atoms with van der Waals surface area (Å²) < 4.78 is 0. The van der Waals surface area contributed by atoms with Gasteiger partial charge in [0.25, 0.3) is 5.91 Å². The van der Waals surface area contributed by atoms with Crippen molar-refractivity contribution in [2.24, 2.45) is 0 Å². The van der Waals surface area contributed by atoms with Crippen LogP contribution in [0.15, 0.2) is 30.5 Å². The number of nitrogens with zero attached hydrogens (tertiary/aromatic N) is 2. The molecule has 2 N–H and O–H groups in total. The highest BCUT2D eigenvalue weighted by molar-refractivity contribution is 5.94. The van der Waals surface area contributed by atoms with Gasteiger partial charge in [-0.2, -0.15) is 0 Å². The number of fused-ring (bicyclic) bond motifs is 1. The molecule has 1 aromatic heterocycles. The quantitative estimate of drug-likeness (QED) is 0.910. The number of anilines is 1. The molecule has 0 saturated heterocycles. The molecule has 0 radical (unpaired) electrons. The Balaban J connectivity index is 1.74. The van der Waals surface area contributed by atoms with Crippen molar-refractivity contribution in [2.75, 3.05) is 5.32 Å². The topological polar surface area (TPSA) is 84.0 Å². The Morgan fingerprint density at radius 1 is 1.30 bits per heavy atom. The Morgan fingerprint density at radius 2 is 2.13 bits per heavy atom. The molecular formula is C17H18N4O2. The van der Waals surface area contributed by atoms with Crippen LogP contribution < -0.4 is 10.6 Å². The molecule has 1 aliphatic rings. The normalized spacial score (nSPS) is 14.6. The average Bonchev–Trinajstić information content (AvgIpc) is 2.54. The maximum Gasteiger partial charge on any atom is 0.270 e. The zero-order valence-electron chi connectivity index (χ0n) is 13.1. The van der Waals surface area contributed by atoms with Gasteiger partial charge in [0.15, 0.2) is 0 Å². The van der Waals surface area contributed by atoms with Crippen LogP contribution in [0.25, 0.3) is 0 Å². The summed E-state index contributed by atoms with van der Waals surface area (Å²) in [5.74, 6) is 0.384. The van der Waals surface area contributed by atoms with Crippen molar-refractivity contribution >= 4 is 17.5 Å². The SMILES string of the molecule is Cc1nccc(C(=O)N[C@H](C)c2ccc3c(c2)CCC(=O)N3)n1. The van der Waals surface area contributed by atoms with Crippen LogP contribution in [0.4, 0.5) is 5.69 Å². The van der Waals surface area contributed by atoms with Gasteiger partial charge in [-0.15, -0.1) is 0 Å². The van der Waals surface area contributed by atoms with Crippen molar-refractivity contribution in [2.45, 2.75) is 32.7 Å². The van der Waals surface area contributed by atoms with Gasteiger partial charge in [0.1, 0.15) is 11.5 Å². The van der Waals surface area contributed by atoms with Gasteiger partial charge in [-0.1, -0.05) is 12.1 Å². The van der Waals surface area contributed by atoms with Crippen LogP contribution in [0, 0.1) is 6.92 Å². The molecule has 0 unspecified atom stereocenters. The first kappa shape index (κ1) is 15.1. The third-order valence-corrected chi connectivity index (χ3v) is 3.88. The largest absolute Gasteiger partial charge is 0.344 e. The van der Waals surface area contributed by atoms with Crippen molar-refractivity contribution in [3.05, 3.63) is 53.1 Å². The summed E-state index contributed by atoms with van der Waals surface area (Å²) >= 11 is 0. The predicted octanol–water partition coefficient (Wildman–Crippen LogP) is 2.16. The second-order valence-electron chi connectivity index (χ2n) is 5.65. The Morgan fingerprint density at radius 3 is 2.91 bits per heavy atom. The Hall–Kier alpha value is -2.76. The minimum absolute atomic E-state index is 0.0470.